The van der Waals surface area contributed by atoms with Gasteiger partial charge in [-0.25, -0.2) is 8.42 Å². The molecule has 1 N–H and O–H groups in total. The van der Waals surface area contributed by atoms with E-state index in [4.69, 9.17) is 5.11 Å². The number of sulfone groups is 1. The zero-order chi connectivity index (χ0) is 12.9. The summed E-state index contributed by atoms with van der Waals surface area (Å²) in [6.45, 7) is 5.23. The SMILES string of the molecule is C=C/C=C(\C=C/C)S(=O)(=O)c1ccc(O)cc1. The molecule has 0 aliphatic carbocycles. The van der Waals surface area contributed by atoms with Crippen molar-refractivity contribution in [3.63, 3.8) is 0 Å². The lowest BCUT2D eigenvalue weighted by Gasteiger charge is -2.05. The van der Waals surface area contributed by atoms with E-state index < -0.39 is 9.84 Å². The third-order valence-electron chi connectivity index (χ3n) is 2.07. The van der Waals surface area contributed by atoms with Gasteiger partial charge >= 0.3 is 0 Å². The Hall–Kier alpha value is -1.81. The molecular weight excluding hydrogens is 236 g/mol. The molecule has 1 aromatic rings. The van der Waals surface area contributed by atoms with Crippen LogP contribution in [-0.2, 0) is 9.84 Å². The summed E-state index contributed by atoms with van der Waals surface area (Å²) in [5.74, 6) is 0.0317. The minimum absolute atomic E-state index is 0.0317. The molecule has 0 spiro atoms. The lowest BCUT2D eigenvalue weighted by atomic mass is 10.3. The van der Waals surface area contributed by atoms with Crippen LogP contribution in [0.25, 0.3) is 0 Å². The molecule has 0 heterocycles. The van der Waals surface area contributed by atoms with Gasteiger partial charge in [0.1, 0.15) is 5.75 Å². The predicted octanol–water partition coefficient (Wildman–Crippen LogP) is 2.81. The van der Waals surface area contributed by atoms with E-state index in [-0.39, 0.29) is 15.6 Å². The Morgan fingerprint density at radius 2 is 1.88 bits per heavy atom. The summed E-state index contributed by atoms with van der Waals surface area (Å²) in [6.07, 6.45) is 6.01. The fourth-order valence-electron chi connectivity index (χ4n) is 1.28. The van der Waals surface area contributed by atoms with Gasteiger partial charge in [-0.3, -0.25) is 0 Å². The first-order valence-electron chi connectivity index (χ1n) is 5.02. The first-order chi connectivity index (χ1) is 8.02. The van der Waals surface area contributed by atoms with Gasteiger partial charge < -0.3 is 5.11 Å². The standard InChI is InChI=1S/C13H14O3S/c1-3-5-12(6-4-2)17(15,16)13-9-7-11(14)8-10-13/h3-10,14H,1H2,2H3/b6-4-,12-5+. The molecule has 0 aliphatic heterocycles. The number of hydrogen-bond donors (Lipinski definition) is 1. The Balaban J connectivity index is 3.31. The van der Waals surface area contributed by atoms with E-state index in [2.05, 4.69) is 6.58 Å². The molecule has 0 unspecified atom stereocenters. The van der Waals surface area contributed by atoms with Crippen LogP contribution >= 0.6 is 0 Å². The molecule has 1 rings (SSSR count). The van der Waals surface area contributed by atoms with Crippen LogP contribution < -0.4 is 0 Å². The monoisotopic (exact) mass is 250 g/mol. The first kappa shape index (κ1) is 13.3. The topological polar surface area (TPSA) is 54.4 Å². The van der Waals surface area contributed by atoms with E-state index in [0.29, 0.717) is 0 Å². The van der Waals surface area contributed by atoms with Crippen molar-refractivity contribution in [2.24, 2.45) is 0 Å². The molecule has 0 radical (unpaired) electrons. The average molecular weight is 250 g/mol. The molecule has 0 saturated carbocycles. The van der Waals surface area contributed by atoms with E-state index in [9.17, 15) is 8.42 Å². The second-order valence-corrected chi connectivity index (χ2v) is 5.25. The third-order valence-corrected chi connectivity index (χ3v) is 3.86. The Kier molecular flexibility index (Phi) is 4.29. The summed E-state index contributed by atoms with van der Waals surface area (Å²) < 4.78 is 24.3. The molecule has 4 heteroatoms. The Morgan fingerprint density at radius 1 is 1.29 bits per heavy atom. The molecule has 90 valence electrons. The Morgan fingerprint density at radius 3 is 2.35 bits per heavy atom. The highest BCUT2D eigenvalue weighted by atomic mass is 32.2. The molecule has 0 aromatic heterocycles. The number of benzene rings is 1. The van der Waals surface area contributed by atoms with Gasteiger partial charge in [0.25, 0.3) is 0 Å². The summed E-state index contributed by atoms with van der Waals surface area (Å²) in [5, 5.41) is 9.13. The van der Waals surface area contributed by atoms with Crippen molar-refractivity contribution < 1.29 is 13.5 Å². The van der Waals surface area contributed by atoms with E-state index in [1.807, 2.05) is 0 Å². The van der Waals surface area contributed by atoms with E-state index >= 15 is 0 Å². The van der Waals surface area contributed by atoms with Gasteiger partial charge in [-0.2, -0.15) is 0 Å². The Labute approximate surface area is 101 Å². The van der Waals surface area contributed by atoms with Gasteiger partial charge in [-0.05, 0) is 43.3 Å². The van der Waals surface area contributed by atoms with Crippen molar-refractivity contribution in [2.75, 3.05) is 0 Å². The van der Waals surface area contributed by atoms with Crippen molar-refractivity contribution >= 4 is 9.84 Å². The number of aromatic hydroxyl groups is 1. The maximum absolute atomic E-state index is 12.2. The van der Waals surface area contributed by atoms with Crippen LogP contribution in [0.5, 0.6) is 5.75 Å². The lowest BCUT2D eigenvalue weighted by Crippen LogP contribution is -2.02. The molecule has 0 bridgehead atoms. The fraction of sp³-hybridized carbons (Fsp3) is 0.0769. The van der Waals surface area contributed by atoms with Crippen LogP contribution in [0.3, 0.4) is 0 Å². The number of phenolic OH excluding ortho intramolecular Hbond substituents is 1. The van der Waals surface area contributed by atoms with Crippen molar-refractivity contribution in [3.05, 3.63) is 60.1 Å². The summed E-state index contributed by atoms with van der Waals surface area (Å²) in [6, 6.07) is 5.42. The molecule has 0 amide bonds. The van der Waals surface area contributed by atoms with Gasteiger partial charge in [0.05, 0.1) is 9.80 Å². The van der Waals surface area contributed by atoms with E-state index in [1.165, 1.54) is 42.5 Å². The van der Waals surface area contributed by atoms with Gasteiger partial charge in [0.2, 0.25) is 9.84 Å². The smallest absolute Gasteiger partial charge is 0.206 e. The van der Waals surface area contributed by atoms with Crippen LogP contribution in [0.2, 0.25) is 0 Å². The number of hydrogen-bond acceptors (Lipinski definition) is 3. The summed E-state index contributed by atoms with van der Waals surface area (Å²) in [5.41, 5.74) is 0. The van der Waals surface area contributed by atoms with Crippen LogP contribution in [0.15, 0.2) is 64.9 Å². The second kappa shape index (κ2) is 5.50. The first-order valence-corrected chi connectivity index (χ1v) is 6.50. The zero-order valence-electron chi connectivity index (χ0n) is 9.50. The van der Waals surface area contributed by atoms with E-state index in [0.717, 1.165) is 0 Å². The molecule has 0 fully saturated rings. The maximum atomic E-state index is 12.2. The molecule has 0 aliphatic rings. The van der Waals surface area contributed by atoms with Crippen LogP contribution in [0.1, 0.15) is 6.92 Å². The molecule has 3 nitrogen and oxygen atoms in total. The lowest BCUT2D eigenvalue weighted by molar-refractivity contribution is 0.475. The third kappa shape index (κ3) is 3.07. The molecular formula is C13H14O3S. The minimum Gasteiger partial charge on any atom is -0.508 e. The van der Waals surface area contributed by atoms with Gasteiger partial charge in [-0.15, -0.1) is 0 Å². The zero-order valence-corrected chi connectivity index (χ0v) is 10.3. The number of allylic oxidation sites excluding steroid dienone is 4. The molecule has 1 aromatic carbocycles. The van der Waals surface area contributed by atoms with Gasteiger partial charge in [-0.1, -0.05) is 18.7 Å². The normalized spacial score (nSPS) is 12.9. The minimum atomic E-state index is -3.55. The summed E-state index contributed by atoms with van der Waals surface area (Å²) >= 11 is 0. The predicted molar refractivity (Wildman–Crippen MR) is 68.4 cm³/mol. The van der Waals surface area contributed by atoms with E-state index in [1.54, 1.807) is 13.0 Å². The average Bonchev–Trinajstić information content (AvgIpc) is 2.29. The highest BCUT2D eigenvalue weighted by Gasteiger charge is 2.17. The Bertz CT molecular complexity index is 549. The maximum Gasteiger partial charge on any atom is 0.206 e. The quantitative estimate of drug-likeness (QED) is 0.836. The van der Waals surface area contributed by atoms with Gasteiger partial charge in [0, 0.05) is 0 Å². The molecule has 0 atom stereocenters. The van der Waals surface area contributed by atoms with Crippen LogP contribution in [0.4, 0.5) is 0 Å². The van der Waals surface area contributed by atoms with Crippen molar-refractivity contribution in [3.8, 4) is 5.75 Å². The van der Waals surface area contributed by atoms with Crippen molar-refractivity contribution in [2.45, 2.75) is 11.8 Å². The van der Waals surface area contributed by atoms with Crippen molar-refractivity contribution in [1.29, 1.82) is 0 Å². The number of rotatable bonds is 4. The largest absolute Gasteiger partial charge is 0.508 e. The molecule has 17 heavy (non-hydrogen) atoms. The summed E-state index contributed by atoms with van der Waals surface area (Å²) in [7, 11) is -3.55. The highest BCUT2D eigenvalue weighted by Crippen LogP contribution is 2.22. The second-order valence-electron chi connectivity index (χ2n) is 3.30. The van der Waals surface area contributed by atoms with Crippen LogP contribution in [0, 0.1) is 0 Å². The number of phenols is 1. The van der Waals surface area contributed by atoms with Gasteiger partial charge in [0.15, 0.2) is 0 Å². The summed E-state index contributed by atoms with van der Waals surface area (Å²) in [4.78, 5) is 0.308. The molecule has 0 saturated heterocycles. The van der Waals surface area contributed by atoms with Crippen molar-refractivity contribution in [1.82, 2.24) is 0 Å². The fourth-order valence-corrected chi connectivity index (χ4v) is 2.63. The highest BCUT2D eigenvalue weighted by molar-refractivity contribution is 7.95. The van der Waals surface area contributed by atoms with Crippen LogP contribution in [-0.4, -0.2) is 13.5 Å².